The van der Waals surface area contributed by atoms with Crippen LogP contribution in [0.25, 0.3) is 0 Å². The van der Waals surface area contributed by atoms with E-state index in [1.165, 1.54) is 32.6 Å². The SMILES string of the molecule is CC(=O)NC1C(OCCCCCC(=O)NCCCCCC(=O)N2C[C@H](O)C[C@H]2COC2CCC2C2CCC2)OC(CO)C(O)C1O. The summed E-state index contributed by atoms with van der Waals surface area (Å²) in [5, 5.41) is 45.5. The lowest BCUT2D eigenvalue weighted by atomic mass is 9.65. The van der Waals surface area contributed by atoms with E-state index in [2.05, 4.69) is 10.6 Å². The summed E-state index contributed by atoms with van der Waals surface area (Å²) in [7, 11) is 0. The van der Waals surface area contributed by atoms with E-state index < -0.39 is 49.3 Å². The van der Waals surface area contributed by atoms with E-state index in [9.17, 15) is 34.8 Å². The maximum atomic E-state index is 12.9. The van der Waals surface area contributed by atoms with Crippen LogP contribution < -0.4 is 10.6 Å². The van der Waals surface area contributed by atoms with Crippen molar-refractivity contribution in [3.8, 4) is 0 Å². The van der Waals surface area contributed by atoms with Gasteiger partial charge in [-0.25, -0.2) is 0 Å². The highest BCUT2D eigenvalue weighted by molar-refractivity contribution is 5.77. The van der Waals surface area contributed by atoms with Crippen molar-refractivity contribution in [3.05, 3.63) is 0 Å². The Labute approximate surface area is 272 Å². The molecular weight excluding hydrogens is 598 g/mol. The number of amides is 3. The number of carbonyl (C=O) groups is 3. The molecule has 2 heterocycles. The molecule has 13 nitrogen and oxygen atoms in total. The van der Waals surface area contributed by atoms with Gasteiger partial charge in [-0.3, -0.25) is 14.4 Å². The molecule has 13 heteroatoms. The first-order chi connectivity index (χ1) is 22.2. The molecule has 4 rings (SSSR count). The van der Waals surface area contributed by atoms with Crippen LogP contribution in [0.3, 0.4) is 0 Å². The number of nitrogens with zero attached hydrogens (tertiary/aromatic N) is 1. The van der Waals surface area contributed by atoms with Gasteiger partial charge < -0.3 is 50.2 Å². The van der Waals surface area contributed by atoms with E-state index in [-0.39, 0.29) is 24.5 Å². The average Bonchev–Trinajstić information content (AvgIpc) is 3.37. The molecule has 3 amide bonds. The van der Waals surface area contributed by atoms with Gasteiger partial charge in [0, 0.05) is 39.5 Å². The lowest BCUT2D eigenvalue weighted by Crippen LogP contribution is -2.64. The fourth-order valence-electron chi connectivity index (χ4n) is 7.11. The first-order valence-electron chi connectivity index (χ1n) is 17.5. The number of β-amino-alcohol motifs (C(OH)–C–C–N with tert-alkyl or cyclic N) is 1. The largest absolute Gasteiger partial charge is 0.394 e. The summed E-state index contributed by atoms with van der Waals surface area (Å²) in [5.74, 6) is 1.15. The van der Waals surface area contributed by atoms with Crippen molar-refractivity contribution >= 4 is 17.7 Å². The normalized spacial score (nSPS) is 32.9. The molecule has 4 fully saturated rings. The van der Waals surface area contributed by atoms with Gasteiger partial charge in [0.25, 0.3) is 0 Å². The van der Waals surface area contributed by atoms with E-state index >= 15 is 0 Å². The number of ether oxygens (including phenoxy) is 3. The summed E-state index contributed by atoms with van der Waals surface area (Å²) < 4.78 is 17.5. The molecule has 0 bridgehead atoms. The van der Waals surface area contributed by atoms with E-state index in [1.54, 1.807) is 0 Å². The number of aliphatic hydroxyl groups excluding tert-OH is 4. The molecule has 264 valence electrons. The Hall–Kier alpha value is -1.87. The molecule has 0 aromatic heterocycles. The van der Waals surface area contributed by atoms with Gasteiger partial charge in [-0.15, -0.1) is 0 Å². The van der Waals surface area contributed by atoms with Crippen molar-refractivity contribution in [3.63, 3.8) is 0 Å². The van der Waals surface area contributed by atoms with Crippen LogP contribution in [0, 0.1) is 11.8 Å². The minimum Gasteiger partial charge on any atom is -0.394 e. The van der Waals surface area contributed by atoms with Crippen LogP contribution in [0.1, 0.15) is 96.8 Å². The van der Waals surface area contributed by atoms with Crippen LogP contribution in [0.5, 0.6) is 0 Å². The summed E-state index contributed by atoms with van der Waals surface area (Å²) in [6, 6.07) is -1.01. The smallest absolute Gasteiger partial charge is 0.222 e. The number of likely N-dealkylation sites (tertiary alicyclic amines) is 1. The summed E-state index contributed by atoms with van der Waals surface area (Å²) in [6.45, 7) is 2.50. The van der Waals surface area contributed by atoms with Gasteiger partial charge in [0.15, 0.2) is 6.29 Å². The van der Waals surface area contributed by atoms with Crippen LogP contribution in [0.15, 0.2) is 0 Å². The number of hydrogen-bond acceptors (Lipinski definition) is 10. The van der Waals surface area contributed by atoms with Gasteiger partial charge in [-0.1, -0.05) is 32.1 Å². The molecule has 6 N–H and O–H groups in total. The van der Waals surface area contributed by atoms with Gasteiger partial charge >= 0.3 is 0 Å². The van der Waals surface area contributed by atoms with E-state index in [0.29, 0.717) is 63.8 Å². The Morgan fingerprint density at radius 1 is 0.913 bits per heavy atom. The zero-order chi connectivity index (χ0) is 33.1. The highest BCUT2D eigenvalue weighted by atomic mass is 16.7. The molecule has 0 radical (unpaired) electrons. The van der Waals surface area contributed by atoms with Crippen LogP contribution in [-0.4, -0.2) is 125 Å². The van der Waals surface area contributed by atoms with E-state index in [0.717, 1.165) is 38.0 Å². The second-order valence-corrected chi connectivity index (χ2v) is 13.7. The van der Waals surface area contributed by atoms with Crippen molar-refractivity contribution in [1.82, 2.24) is 15.5 Å². The Kier molecular flexibility index (Phi) is 15.0. The monoisotopic (exact) mass is 655 g/mol. The standard InChI is InChI=1S/C33H57N3O10/c1-21(38)35-30-32(43)31(42)27(19-37)46-33(30)44-16-7-3-4-11-28(40)34-15-6-2-5-12-29(41)36-18-24(39)17-23(36)20-45-26-14-13-25(26)22-9-8-10-22/h22-27,30-33,37,39,42-43H,2-20H2,1H3,(H,34,40)(H,35,38)/t23-,24+,25?,26?,27?,30?,31?,32?,33?/m0/s1. The zero-order valence-corrected chi connectivity index (χ0v) is 27.4. The van der Waals surface area contributed by atoms with Crippen molar-refractivity contribution in [1.29, 1.82) is 0 Å². The Balaban J connectivity index is 1.01. The van der Waals surface area contributed by atoms with Crippen LogP contribution in [0.4, 0.5) is 0 Å². The maximum absolute atomic E-state index is 12.9. The number of nitrogens with one attached hydrogen (secondary N) is 2. The van der Waals surface area contributed by atoms with Gasteiger partial charge in [-0.2, -0.15) is 0 Å². The molecule has 2 saturated carbocycles. The molecular formula is C33H57N3O10. The molecule has 2 aliphatic heterocycles. The fraction of sp³-hybridized carbons (Fsp3) is 0.909. The quantitative estimate of drug-likeness (QED) is 0.108. The van der Waals surface area contributed by atoms with Crippen molar-refractivity contribution in [2.24, 2.45) is 11.8 Å². The highest BCUT2D eigenvalue weighted by Gasteiger charge is 2.45. The molecule has 0 spiro atoms. The third-order valence-electron chi connectivity index (χ3n) is 10.2. The van der Waals surface area contributed by atoms with Gasteiger partial charge in [0.05, 0.1) is 31.5 Å². The number of rotatable bonds is 19. The molecule has 46 heavy (non-hydrogen) atoms. The number of carbonyl (C=O) groups excluding carboxylic acids is 3. The van der Waals surface area contributed by atoms with Gasteiger partial charge in [0.2, 0.25) is 17.7 Å². The fourth-order valence-corrected chi connectivity index (χ4v) is 7.11. The predicted molar refractivity (Wildman–Crippen MR) is 167 cm³/mol. The van der Waals surface area contributed by atoms with Gasteiger partial charge in [0.1, 0.15) is 24.4 Å². The van der Waals surface area contributed by atoms with Crippen LogP contribution in [0.2, 0.25) is 0 Å². The summed E-state index contributed by atoms with van der Waals surface area (Å²) in [4.78, 5) is 38.5. The predicted octanol–water partition coefficient (Wildman–Crippen LogP) is 0.741. The lowest BCUT2D eigenvalue weighted by molar-refractivity contribution is -0.270. The summed E-state index contributed by atoms with van der Waals surface area (Å²) >= 11 is 0. The molecule has 0 aromatic carbocycles. The summed E-state index contributed by atoms with van der Waals surface area (Å²) in [6.07, 6.45) is 7.24. The second-order valence-electron chi connectivity index (χ2n) is 13.7. The zero-order valence-electron chi connectivity index (χ0n) is 27.4. The van der Waals surface area contributed by atoms with E-state index in [4.69, 9.17) is 14.2 Å². The molecule has 0 aromatic rings. The van der Waals surface area contributed by atoms with E-state index in [1.807, 2.05) is 4.90 Å². The summed E-state index contributed by atoms with van der Waals surface area (Å²) in [5.41, 5.74) is 0. The Morgan fingerprint density at radius 3 is 2.35 bits per heavy atom. The molecule has 2 saturated heterocycles. The first-order valence-corrected chi connectivity index (χ1v) is 17.5. The number of unbranched alkanes of at least 4 members (excludes halogenated alkanes) is 4. The topological polar surface area (TPSA) is 187 Å². The van der Waals surface area contributed by atoms with Crippen molar-refractivity contribution in [2.45, 2.75) is 146 Å². The Bertz CT molecular complexity index is 968. The molecule has 9 atom stereocenters. The maximum Gasteiger partial charge on any atom is 0.222 e. The van der Waals surface area contributed by atoms with Gasteiger partial charge in [-0.05, 0) is 56.8 Å². The minimum atomic E-state index is -1.36. The van der Waals surface area contributed by atoms with Crippen molar-refractivity contribution < 1.29 is 49.0 Å². The molecule has 4 aliphatic rings. The molecule has 7 unspecified atom stereocenters. The number of aliphatic hydroxyl groups is 4. The molecule has 2 aliphatic carbocycles. The van der Waals surface area contributed by atoms with Crippen LogP contribution in [-0.2, 0) is 28.6 Å². The lowest BCUT2D eigenvalue weighted by Gasteiger charge is -2.45. The minimum absolute atomic E-state index is 0.0267. The second kappa shape index (κ2) is 18.6. The first kappa shape index (κ1) is 37.0. The average molecular weight is 656 g/mol. The third-order valence-corrected chi connectivity index (χ3v) is 10.2. The number of hydrogen-bond donors (Lipinski definition) is 6. The third kappa shape index (κ3) is 10.6. The van der Waals surface area contributed by atoms with Crippen LogP contribution >= 0.6 is 0 Å². The Morgan fingerprint density at radius 2 is 1.67 bits per heavy atom. The van der Waals surface area contributed by atoms with Crippen molar-refractivity contribution in [2.75, 3.05) is 32.9 Å². The highest BCUT2D eigenvalue weighted by Crippen LogP contribution is 2.45.